The summed E-state index contributed by atoms with van der Waals surface area (Å²) in [7, 11) is 1.75. The molecule has 0 radical (unpaired) electrons. The molecule has 0 bridgehead atoms. The molecule has 1 amide bonds. The largest absolute Gasteiger partial charge is 0.434 e. The molecule has 0 aliphatic carbocycles. The maximum Gasteiger partial charge on any atom is 0.387 e. The minimum atomic E-state index is -2.94. The highest BCUT2D eigenvalue weighted by Crippen LogP contribution is 2.24. The second-order valence-electron chi connectivity index (χ2n) is 4.61. The van der Waals surface area contributed by atoms with E-state index in [2.05, 4.69) is 15.2 Å². The Morgan fingerprint density at radius 3 is 2.91 bits per heavy atom. The Hall–Kier alpha value is -2.15. The van der Waals surface area contributed by atoms with Crippen LogP contribution in [0.4, 0.5) is 8.78 Å². The fourth-order valence-corrected chi connectivity index (χ4v) is 2.10. The van der Waals surface area contributed by atoms with Gasteiger partial charge in [0.1, 0.15) is 5.75 Å². The van der Waals surface area contributed by atoms with Crippen molar-refractivity contribution in [3.05, 3.63) is 46.7 Å². The molecule has 5 nitrogen and oxygen atoms in total. The molecule has 0 saturated carbocycles. The lowest BCUT2D eigenvalue weighted by Gasteiger charge is -2.12. The van der Waals surface area contributed by atoms with Gasteiger partial charge in [-0.1, -0.05) is 11.6 Å². The Kier molecular flexibility index (Phi) is 5.32. The third-order valence-corrected chi connectivity index (χ3v) is 3.07. The molecule has 2 aromatic rings. The first kappa shape index (κ1) is 16.2. The number of carbonyl (C=O) groups excluding carboxylic acids is 1. The number of amides is 1. The second kappa shape index (κ2) is 7.22. The second-order valence-corrected chi connectivity index (χ2v) is 5.04. The molecule has 1 heterocycles. The van der Waals surface area contributed by atoms with E-state index in [9.17, 15) is 13.6 Å². The molecule has 0 spiro atoms. The van der Waals surface area contributed by atoms with Crippen molar-refractivity contribution in [3.8, 4) is 5.75 Å². The molecule has 0 aliphatic heterocycles. The Balaban J connectivity index is 1.98. The van der Waals surface area contributed by atoms with Crippen molar-refractivity contribution in [2.75, 3.05) is 0 Å². The van der Waals surface area contributed by atoms with E-state index in [0.717, 1.165) is 5.56 Å². The Bertz CT molecular complexity index is 661. The zero-order valence-corrected chi connectivity index (χ0v) is 12.5. The van der Waals surface area contributed by atoms with Crippen molar-refractivity contribution in [1.82, 2.24) is 15.1 Å². The van der Waals surface area contributed by atoms with Crippen LogP contribution in [0.5, 0.6) is 5.75 Å². The van der Waals surface area contributed by atoms with Gasteiger partial charge in [0.15, 0.2) is 0 Å². The van der Waals surface area contributed by atoms with Crippen LogP contribution in [0.25, 0.3) is 0 Å². The van der Waals surface area contributed by atoms with Gasteiger partial charge in [-0.05, 0) is 23.8 Å². The van der Waals surface area contributed by atoms with E-state index in [1.165, 1.54) is 18.2 Å². The quantitative estimate of drug-likeness (QED) is 0.886. The zero-order chi connectivity index (χ0) is 16.1. The number of hydrogen-bond donors (Lipinski definition) is 1. The molecule has 0 aliphatic rings. The van der Waals surface area contributed by atoms with Crippen LogP contribution in [0.15, 0.2) is 30.6 Å². The number of ether oxygens (including phenoxy) is 1. The Morgan fingerprint density at radius 1 is 1.50 bits per heavy atom. The summed E-state index contributed by atoms with van der Waals surface area (Å²) < 4.78 is 30.7. The number of rotatable bonds is 6. The third kappa shape index (κ3) is 4.70. The standard InChI is InChI=1S/C14H14ClF2N3O2/c1-20-8-9(6-19-20)4-13(21)18-7-10-5-11(15)2-3-12(10)22-14(16)17/h2-3,5-6,8,14H,4,7H2,1H3,(H,18,21). The molecular formula is C14H14ClF2N3O2. The maximum absolute atomic E-state index is 12.3. The van der Waals surface area contributed by atoms with Crippen molar-refractivity contribution < 1.29 is 18.3 Å². The average Bonchev–Trinajstić information content (AvgIpc) is 2.84. The topological polar surface area (TPSA) is 56.2 Å². The van der Waals surface area contributed by atoms with E-state index < -0.39 is 6.61 Å². The van der Waals surface area contributed by atoms with E-state index in [0.29, 0.717) is 10.6 Å². The summed E-state index contributed by atoms with van der Waals surface area (Å²) in [6.07, 6.45) is 3.47. The first-order valence-corrected chi connectivity index (χ1v) is 6.79. The molecule has 1 N–H and O–H groups in total. The molecule has 1 aromatic carbocycles. The van der Waals surface area contributed by atoms with Crippen molar-refractivity contribution in [3.63, 3.8) is 0 Å². The molecule has 0 fully saturated rings. The van der Waals surface area contributed by atoms with Crippen LogP contribution in [0, 0.1) is 0 Å². The highest BCUT2D eigenvalue weighted by Gasteiger charge is 2.12. The number of aromatic nitrogens is 2. The summed E-state index contributed by atoms with van der Waals surface area (Å²) in [5, 5.41) is 6.97. The summed E-state index contributed by atoms with van der Waals surface area (Å²) in [5.74, 6) is -0.267. The predicted molar refractivity (Wildman–Crippen MR) is 76.8 cm³/mol. The number of benzene rings is 1. The number of nitrogens with zero attached hydrogens (tertiary/aromatic N) is 2. The zero-order valence-electron chi connectivity index (χ0n) is 11.7. The van der Waals surface area contributed by atoms with Gasteiger partial charge in [-0.15, -0.1) is 0 Å². The van der Waals surface area contributed by atoms with Gasteiger partial charge >= 0.3 is 6.61 Å². The number of aryl methyl sites for hydroxylation is 1. The van der Waals surface area contributed by atoms with Gasteiger partial charge in [-0.25, -0.2) is 0 Å². The summed E-state index contributed by atoms with van der Waals surface area (Å²) in [5.41, 5.74) is 1.14. The van der Waals surface area contributed by atoms with Crippen molar-refractivity contribution in [2.45, 2.75) is 19.6 Å². The summed E-state index contributed by atoms with van der Waals surface area (Å²) in [6.45, 7) is -2.90. The molecule has 0 unspecified atom stereocenters. The number of nitrogens with one attached hydrogen (secondary N) is 1. The van der Waals surface area contributed by atoms with E-state index >= 15 is 0 Å². The molecule has 2 rings (SSSR count). The third-order valence-electron chi connectivity index (χ3n) is 2.84. The van der Waals surface area contributed by atoms with Gasteiger partial charge in [0, 0.05) is 30.4 Å². The molecule has 1 aromatic heterocycles. The first-order valence-electron chi connectivity index (χ1n) is 6.41. The smallest absolute Gasteiger partial charge is 0.387 e. The van der Waals surface area contributed by atoms with Gasteiger partial charge in [0.25, 0.3) is 0 Å². The molecule has 0 atom stereocenters. The SMILES string of the molecule is Cn1cc(CC(=O)NCc2cc(Cl)ccc2OC(F)F)cn1. The van der Waals surface area contributed by atoms with Crippen molar-refractivity contribution >= 4 is 17.5 Å². The highest BCUT2D eigenvalue weighted by molar-refractivity contribution is 6.30. The number of alkyl halides is 2. The minimum Gasteiger partial charge on any atom is -0.434 e. The molecule has 0 saturated heterocycles. The van der Waals surface area contributed by atoms with Crippen LogP contribution in [0.1, 0.15) is 11.1 Å². The molecule has 8 heteroatoms. The van der Waals surface area contributed by atoms with Crippen LogP contribution >= 0.6 is 11.6 Å². The van der Waals surface area contributed by atoms with Crippen LogP contribution in [0.2, 0.25) is 5.02 Å². The molecule has 118 valence electrons. The predicted octanol–water partition coefficient (Wildman–Crippen LogP) is 2.53. The Morgan fingerprint density at radius 2 is 2.27 bits per heavy atom. The average molecular weight is 330 g/mol. The van der Waals surface area contributed by atoms with Crippen molar-refractivity contribution in [2.24, 2.45) is 7.05 Å². The lowest BCUT2D eigenvalue weighted by molar-refractivity contribution is -0.120. The lowest BCUT2D eigenvalue weighted by atomic mass is 10.2. The molecular weight excluding hydrogens is 316 g/mol. The number of carbonyl (C=O) groups is 1. The fraction of sp³-hybridized carbons (Fsp3) is 0.286. The van der Waals surface area contributed by atoms with Crippen molar-refractivity contribution in [1.29, 1.82) is 0 Å². The maximum atomic E-state index is 12.3. The minimum absolute atomic E-state index is 0.0129. The van der Waals surface area contributed by atoms with Crippen LogP contribution < -0.4 is 10.1 Å². The summed E-state index contributed by atoms with van der Waals surface area (Å²) >= 11 is 5.83. The van der Waals surface area contributed by atoms with E-state index in [1.807, 2.05) is 0 Å². The van der Waals surface area contributed by atoms with E-state index in [4.69, 9.17) is 11.6 Å². The monoisotopic (exact) mass is 329 g/mol. The van der Waals surface area contributed by atoms with Crippen LogP contribution in [-0.4, -0.2) is 22.3 Å². The van der Waals surface area contributed by atoms with Crippen LogP contribution in [-0.2, 0) is 24.8 Å². The van der Waals surface area contributed by atoms with Gasteiger partial charge in [0.2, 0.25) is 5.91 Å². The number of halogens is 3. The van der Waals surface area contributed by atoms with E-state index in [1.54, 1.807) is 24.1 Å². The Labute approximate surface area is 130 Å². The molecule has 22 heavy (non-hydrogen) atoms. The number of hydrogen-bond acceptors (Lipinski definition) is 3. The van der Waals surface area contributed by atoms with E-state index in [-0.39, 0.29) is 24.6 Å². The van der Waals surface area contributed by atoms with Gasteiger partial charge in [-0.3, -0.25) is 9.48 Å². The highest BCUT2D eigenvalue weighted by atomic mass is 35.5. The fourth-order valence-electron chi connectivity index (χ4n) is 1.90. The van der Waals surface area contributed by atoms with Gasteiger partial charge in [0.05, 0.1) is 12.6 Å². The van der Waals surface area contributed by atoms with Gasteiger partial charge < -0.3 is 10.1 Å². The normalized spacial score (nSPS) is 10.8. The first-order chi connectivity index (χ1) is 10.4. The lowest BCUT2D eigenvalue weighted by Crippen LogP contribution is -2.24. The summed E-state index contributed by atoms with van der Waals surface area (Å²) in [4.78, 5) is 11.8. The van der Waals surface area contributed by atoms with Gasteiger partial charge in [-0.2, -0.15) is 13.9 Å². The summed E-state index contributed by atoms with van der Waals surface area (Å²) in [6, 6.07) is 4.26. The van der Waals surface area contributed by atoms with Crippen LogP contribution in [0.3, 0.4) is 0 Å².